The molecule has 11 heteroatoms. The number of anilines is 1. The molecule has 34 heavy (non-hydrogen) atoms. The van der Waals surface area contributed by atoms with Crippen molar-refractivity contribution in [1.82, 2.24) is 5.32 Å². The maximum atomic E-state index is 13.1. The monoisotopic (exact) mass is 525 g/mol. The number of non-ortho nitro benzene ring substituents is 1. The Balaban J connectivity index is 1.68. The predicted molar refractivity (Wildman–Crippen MR) is 125 cm³/mol. The van der Waals surface area contributed by atoms with E-state index in [1.54, 1.807) is 31.2 Å². The predicted octanol–water partition coefficient (Wildman–Crippen LogP) is 4.68. The van der Waals surface area contributed by atoms with Crippen molar-refractivity contribution in [3.05, 3.63) is 80.5 Å². The molecule has 1 aromatic heterocycles. The lowest BCUT2D eigenvalue weighted by molar-refractivity contribution is -0.384. The molecule has 4 amide bonds. The number of nitro groups is 1. The SMILES string of the molecule is CCOc1ccccc1N1C(=O)NC(=O)/C(=C/c2ccc(-c3ccc([N+](=O)[O-])cc3Br)o2)C1=O. The fourth-order valence-corrected chi connectivity index (χ4v) is 3.89. The summed E-state index contributed by atoms with van der Waals surface area (Å²) in [6, 6.07) is 12.9. The number of para-hydroxylation sites is 2. The second-order valence-corrected chi connectivity index (χ2v) is 7.84. The number of carbonyl (C=O) groups excluding carboxylic acids is 3. The lowest BCUT2D eigenvalue weighted by Gasteiger charge is -2.27. The van der Waals surface area contributed by atoms with Crippen LogP contribution in [0, 0.1) is 10.1 Å². The van der Waals surface area contributed by atoms with Gasteiger partial charge in [0.2, 0.25) is 0 Å². The van der Waals surface area contributed by atoms with Crippen molar-refractivity contribution in [2.45, 2.75) is 6.92 Å². The van der Waals surface area contributed by atoms with Crippen LogP contribution in [0.4, 0.5) is 16.2 Å². The number of imide groups is 2. The topological polar surface area (TPSA) is 132 Å². The second kappa shape index (κ2) is 9.32. The van der Waals surface area contributed by atoms with Gasteiger partial charge in [-0.2, -0.15) is 0 Å². The third kappa shape index (κ3) is 4.33. The summed E-state index contributed by atoms with van der Waals surface area (Å²) >= 11 is 3.28. The number of amides is 4. The molecule has 2 aromatic carbocycles. The van der Waals surface area contributed by atoms with Crippen molar-refractivity contribution in [2.24, 2.45) is 0 Å². The van der Waals surface area contributed by atoms with Crippen molar-refractivity contribution < 1.29 is 28.5 Å². The Bertz CT molecular complexity index is 1360. The van der Waals surface area contributed by atoms with E-state index in [2.05, 4.69) is 21.2 Å². The Morgan fingerprint density at radius 3 is 2.62 bits per heavy atom. The van der Waals surface area contributed by atoms with Crippen LogP contribution < -0.4 is 15.0 Å². The number of nitrogens with one attached hydrogen (secondary N) is 1. The molecule has 10 nitrogen and oxygen atoms in total. The van der Waals surface area contributed by atoms with Gasteiger partial charge in [0.1, 0.15) is 22.8 Å². The fraction of sp³-hybridized carbons (Fsp3) is 0.0870. The molecule has 1 aliphatic heterocycles. The second-order valence-electron chi connectivity index (χ2n) is 6.98. The highest BCUT2D eigenvalue weighted by Crippen LogP contribution is 2.34. The van der Waals surface area contributed by atoms with Crippen LogP contribution in [0.2, 0.25) is 0 Å². The van der Waals surface area contributed by atoms with Crippen LogP contribution in [0.25, 0.3) is 17.4 Å². The Labute approximate surface area is 201 Å². The molecule has 2 heterocycles. The molecular formula is C23H16BrN3O7. The molecule has 1 N–H and O–H groups in total. The minimum Gasteiger partial charge on any atom is -0.492 e. The maximum Gasteiger partial charge on any atom is 0.336 e. The van der Waals surface area contributed by atoms with Gasteiger partial charge in [0.05, 0.1) is 17.2 Å². The number of hydrogen-bond acceptors (Lipinski definition) is 7. The van der Waals surface area contributed by atoms with E-state index in [1.807, 2.05) is 0 Å². The number of benzene rings is 2. The molecule has 0 aliphatic carbocycles. The summed E-state index contributed by atoms with van der Waals surface area (Å²) in [6.07, 6.45) is 1.23. The van der Waals surface area contributed by atoms with E-state index in [9.17, 15) is 24.5 Å². The molecule has 0 atom stereocenters. The van der Waals surface area contributed by atoms with Crippen LogP contribution >= 0.6 is 15.9 Å². The molecule has 1 saturated heterocycles. The minimum absolute atomic E-state index is 0.0916. The van der Waals surface area contributed by atoms with Gasteiger partial charge in [0.15, 0.2) is 0 Å². The van der Waals surface area contributed by atoms with Gasteiger partial charge in [0, 0.05) is 22.2 Å². The molecule has 1 aliphatic rings. The van der Waals surface area contributed by atoms with Crippen LogP contribution in [0.5, 0.6) is 5.75 Å². The molecular weight excluding hydrogens is 510 g/mol. The summed E-state index contributed by atoms with van der Waals surface area (Å²) in [5, 5.41) is 13.1. The van der Waals surface area contributed by atoms with Crippen molar-refractivity contribution in [2.75, 3.05) is 11.5 Å². The van der Waals surface area contributed by atoms with E-state index in [0.717, 1.165) is 4.90 Å². The normalized spacial score (nSPS) is 14.9. The van der Waals surface area contributed by atoms with Crippen LogP contribution in [0.1, 0.15) is 12.7 Å². The van der Waals surface area contributed by atoms with E-state index >= 15 is 0 Å². The van der Waals surface area contributed by atoms with Crippen LogP contribution in [0.3, 0.4) is 0 Å². The summed E-state index contributed by atoms with van der Waals surface area (Å²) in [4.78, 5) is 49.3. The van der Waals surface area contributed by atoms with Crippen LogP contribution in [-0.4, -0.2) is 29.4 Å². The molecule has 1 fully saturated rings. The summed E-state index contributed by atoms with van der Waals surface area (Å²) in [5.41, 5.74) is 0.331. The number of nitro benzene ring substituents is 1. The largest absolute Gasteiger partial charge is 0.492 e. The van der Waals surface area contributed by atoms with Gasteiger partial charge in [-0.1, -0.05) is 12.1 Å². The maximum absolute atomic E-state index is 13.1. The number of urea groups is 1. The average molecular weight is 526 g/mol. The third-order valence-electron chi connectivity index (χ3n) is 4.85. The number of rotatable bonds is 6. The number of hydrogen-bond donors (Lipinski definition) is 1. The lowest BCUT2D eigenvalue weighted by Crippen LogP contribution is -2.54. The highest BCUT2D eigenvalue weighted by atomic mass is 79.9. The number of ether oxygens (including phenoxy) is 1. The number of carbonyl (C=O) groups is 3. The summed E-state index contributed by atoms with van der Waals surface area (Å²) < 4.78 is 11.7. The van der Waals surface area contributed by atoms with Crippen LogP contribution in [0.15, 0.2) is 69.1 Å². The van der Waals surface area contributed by atoms with Crippen molar-refractivity contribution >= 4 is 51.2 Å². The molecule has 0 unspecified atom stereocenters. The Kier molecular flexibility index (Phi) is 6.28. The van der Waals surface area contributed by atoms with E-state index < -0.39 is 22.8 Å². The fourth-order valence-electron chi connectivity index (χ4n) is 3.33. The third-order valence-corrected chi connectivity index (χ3v) is 5.51. The first-order valence-corrected chi connectivity index (χ1v) is 10.8. The Hall–Kier alpha value is -4.25. The van der Waals surface area contributed by atoms with Crippen molar-refractivity contribution in [3.63, 3.8) is 0 Å². The van der Waals surface area contributed by atoms with Gasteiger partial charge in [-0.25, -0.2) is 9.69 Å². The molecule has 172 valence electrons. The molecule has 0 saturated carbocycles. The van der Waals surface area contributed by atoms with E-state index in [4.69, 9.17) is 9.15 Å². The number of furan rings is 1. The first-order valence-electron chi connectivity index (χ1n) is 9.97. The standard InChI is InChI=1S/C23H16BrN3O7/c1-2-33-20-6-4-3-5-18(20)26-22(29)16(21(28)25-23(26)30)12-14-8-10-19(34-14)15-9-7-13(27(31)32)11-17(15)24/h3-12H,2H2,1H3,(H,25,28,30)/b16-12-. The number of nitrogens with zero attached hydrogens (tertiary/aromatic N) is 2. The minimum atomic E-state index is -0.894. The van der Waals surface area contributed by atoms with E-state index in [0.29, 0.717) is 28.2 Å². The van der Waals surface area contributed by atoms with E-state index in [-0.39, 0.29) is 22.7 Å². The first kappa shape index (κ1) is 22.9. The van der Waals surface area contributed by atoms with Gasteiger partial charge in [0.25, 0.3) is 17.5 Å². The highest BCUT2D eigenvalue weighted by Gasteiger charge is 2.38. The van der Waals surface area contributed by atoms with Crippen LogP contribution in [-0.2, 0) is 9.59 Å². The zero-order valence-corrected chi connectivity index (χ0v) is 19.2. The van der Waals surface area contributed by atoms with Gasteiger partial charge < -0.3 is 9.15 Å². The number of barbiturate groups is 1. The Morgan fingerprint density at radius 2 is 1.91 bits per heavy atom. The molecule has 0 bridgehead atoms. The summed E-state index contributed by atoms with van der Waals surface area (Å²) in [6.45, 7) is 2.08. The van der Waals surface area contributed by atoms with Gasteiger partial charge in [-0.3, -0.25) is 25.0 Å². The quantitative estimate of drug-likeness (QED) is 0.214. The first-order chi connectivity index (χ1) is 16.3. The molecule has 0 spiro atoms. The van der Waals surface area contributed by atoms with Crippen molar-refractivity contribution in [3.8, 4) is 17.1 Å². The zero-order valence-electron chi connectivity index (χ0n) is 17.6. The summed E-state index contributed by atoms with van der Waals surface area (Å²) in [7, 11) is 0. The van der Waals surface area contributed by atoms with E-state index in [1.165, 1.54) is 36.4 Å². The van der Waals surface area contributed by atoms with Gasteiger partial charge >= 0.3 is 6.03 Å². The van der Waals surface area contributed by atoms with Crippen molar-refractivity contribution in [1.29, 1.82) is 0 Å². The van der Waals surface area contributed by atoms with Gasteiger partial charge in [-0.05, 0) is 59.3 Å². The molecule has 3 aromatic rings. The molecule has 0 radical (unpaired) electrons. The zero-order chi connectivity index (χ0) is 24.4. The smallest absolute Gasteiger partial charge is 0.336 e. The number of halogens is 1. The highest BCUT2D eigenvalue weighted by molar-refractivity contribution is 9.10. The molecule has 4 rings (SSSR count). The van der Waals surface area contributed by atoms with Gasteiger partial charge in [-0.15, -0.1) is 0 Å². The summed E-state index contributed by atoms with van der Waals surface area (Å²) in [5.74, 6) is -0.867. The lowest BCUT2D eigenvalue weighted by atomic mass is 10.1. The average Bonchev–Trinajstić information content (AvgIpc) is 3.26. The Morgan fingerprint density at radius 1 is 1.15 bits per heavy atom.